The average Bonchev–Trinajstić information content (AvgIpc) is 3.11. The normalized spacial score (nSPS) is 15.3. The van der Waals surface area contributed by atoms with Gasteiger partial charge in [0.2, 0.25) is 0 Å². The second-order valence-electron chi connectivity index (χ2n) is 8.43. The first-order valence-electron chi connectivity index (χ1n) is 10.4. The molecule has 4 aromatic rings. The van der Waals surface area contributed by atoms with Gasteiger partial charge < -0.3 is 4.74 Å². The van der Waals surface area contributed by atoms with Crippen LogP contribution in [0.1, 0.15) is 29.9 Å². The van der Waals surface area contributed by atoms with E-state index < -0.39 is 0 Å². The van der Waals surface area contributed by atoms with E-state index in [1.807, 2.05) is 0 Å². The van der Waals surface area contributed by atoms with Gasteiger partial charge in [0.15, 0.2) is 5.16 Å². The van der Waals surface area contributed by atoms with Crippen LogP contribution in [0.2, 0.25) is 0 Å². The molecule has 2 aromatic carbocycles. The molecule has 31 heavy (non-hydrogen) atoms. The largest absolute Gasteiger partial charge is 0.370 e. The molecule has 0 amide bonds. The van der Waals surface area contributed by atoms with Gasteiger partial charge in [-0.25, -0.2) is 4.98 Å². The minimum Gasteiger partial charge on any atom is -0.370 e. The third-order valence-corrected chi connectivity index (χ3v) is 7.83. The Hall–Kier alpha value is -2.41. The molecule has 0 saturated heterocycles. The topological polar surface area (TPSA) is 44.1 Å². The molecule has 1 aliphatic rings. The zero-order valence-corrected chi connectivity index (χ0v) is 19.3. The Morgan fingerprint density at radius 2 is 2.06 bits per heavy atom. The number of allylic oxidation sites excluding steroid dienone is 1. The number of aromatic nitrogens is 2. The van der Waals surface area contributed by atoms with E-state index in [4.69, 9.17) is 9.72 Å². The van der Waals surface area contributed by atoms with Crippen LogP contribution in [-0.4, -0.2) is 15.2 Å². The van der Waals surface area contributed by atoms with Gasteiger partial charge in [-0.05, 0) is 35.7 Å². The van der Waals surface area contributed by atoms with Gasteiger partial charge in [-0.3, -0.25) is 9.36 Å². The summed E-state index contributed by atoms with van der Waals surface area (Å²) >= 11 is 3.20. The summed E-state index contributed by atoms with van der Waals surface area (Å²) in [5.41, 5.74) is 2.11. The van der Waals surface area contributed by atoms with Crippen LogP contribution in [0, 0.1) is 0 Å². The zero-order chi connectivity index (χ0) is 21.6. The van der Waals surface area contributed by atoms with Crippen molar-refractivity contribution in [1.82, 2.24) is 9.55 Å². The third kappa shape index (κ3) is 3.73. The van der Waals surface area contributed by atoms with Gasteiger partial charge in [-0.2, -0.15) is 0 Å². The highest BCUT2D eigenvalue weighted by Gasteiger charge is 2.31. The van der Waals surface area contributed by atoms with Crippen LogP contribution < -0.4 is 5.56 Å². The summed E-state index contributed by atoms with van der Waals surface area (Å²) in [6, 6.07) is 14.7. The molecular weight excluding hydrogens is 424 g/mol. The Labute approximate surface area is 189 Å². The van der Waals surface area contributed by atoms with Crippen molar-refractivity contribution in [3.05, 3.63) is 81.5 Å². The maximum Gasteiger partial charge on any atom is 0.263 e. The van der Waals surface area contributed by atoms with E-state index in [0.717, 1.165) is 38.0 Å². The minimum atomic E-state index is -0.265. The van der Waals surface area contributed by atoms with Gasteiger partial charge >= 0.3 is 0 Å². The molecule has 0 unspecified atom stereocenters. The number of ether oxygens (including phenoxy) is 1. The molecule has 1 aliphatic heterocycles. The summed E-state index contributed by atoms with van der Waals surface area (Å²) < 4.78 is 7.73. The maximum absolute atomic E-state index is 13.5. The van der Waals surface area contributed by atoms with Crippen molar-refractivity contribution in [2.24, 2.45) is 0 Å². The molecule has 3 heterocycles. The highest BCUT2D eigenvalue weighted by atomic mass is 32.2. The van der Waals surface area contributed by atoms with Gasteiger partial charge in [-0.15, -0.1) is 17.9 Å². The highest BCUT2D eigenvalue weighted by Crippen LogP contribution is 2.38. The summed E-state index contributed by atoms with van der Waals surface area (Å²) in [4.78, 5) is 20.4. The second kappa shape index (κ2) is 7.93. The molecule has 0 bridgehead atoms. The predicted octanol–water partition coefficient (Wildman–Crippen LogP) is 5.94. The van der Waals surface area contributed by atoms with Gasteiger partial charge in [0, 0.05) is 23.6 Å². The smallest absolute Gasteiger partial charge is 0.263 e. The summed E-state index contributed by atoms with van der Waals surface area (Å²) in [5, 5.41) is 3.96. The van der Waals surface area contributed by atoms with Crippen LogP contribution in [0.25, 0.3) is 21.0 Å². The van der Waals surface area contributed by atoms with Crippen LogP contribution in [0.15, 0.2) is 65.1 Å². The first kappa shape index (κ1) is 20.5. The fourth-order valence-corrected chi connectivity index (χ4v) is 6.32. The quantitative estimate of drug-likeness (QED) is 0.215. The van der Waals surface area contributed by atoms with Gasteiger partial charge in [0.1, 0.15) is 4.83 Å². The number of fused-ring (bicyclic) bond motifs is 4. The molecule has 0 N–H and O–H groups in total. The average molecular weight is 449 g/mol. The number of rotatable bonds is 5. The van der Waals surface area contributed by atoms with Gasteiger partial charge in [0.05, 0.1) is 17.6 Å². The Balaban J connectivity index is 1.58. The van der Waals surface area contributed by atoms with Crippen LogP contribution in [0.4, 0.5) is 0 Å². The van der Waals surface area contributed by atoms with Crippen molar-refractivity contribution < 1.29 is 4.74 Å². The summed E-state index contributed by atoms with van der Waals surface area (Å²) in [7, 11) is 0. The Morgan fingerprint density at radius 1 is 1.26 bits per heavy atom. The zero-order valence-electron chi connectivity index (χ0n) is 17.7. The number of hydrogen-bond acceptors (Lipinski definition) is 5. The van der Waals surface area contributed by atoms with Crippen molar-refractivity contribution in [3.63, 3.8) is 0 Å². The van der Waals surface area contributed by atoms with Crippen molar-refractivity contribution in [1.29, 1.82) is 0 Å². The van der Waals surface area contributed by atoms with Crippen LogP contribution >= 0.6 is 23.1 Å². The van der Waals surface area contributed by atoms with E-state index in [1.165, 1.54) is 16.3 Å². The van der Waals surface area contributed by atoms with Crippen LogP contribution in [0.3, 0.4) is 0 Å². The monoisotopic (exact) mass is 448 g/mol. The molecule has 0 saturated carbocycles. The van der Waals surface area contributed by atoms with Crippen LogP contribution in [0.5, 0.6) is 0 Å². The van der Waals surface area contributed by atoms with Gasteiger partial charge in [-0.1, -0.05) is 60.3 Å². The number of benzene rings is 2. The molecule has 2 aromatic heterocycles. The molecule has 4 nitrogen and oxygen atoms in total. The number of nitrogens with zero attached hydrogens (tertiary/aromatic N) is 2. The van der Waals surface area contributed by atoms with Crippen molar-refractivity contribution in [3.8, 4) is 0 Å². The molecule has 158 valence electrons. The van der Waals surface area contributed by atoms with E-state index in [0.29, 0.717) is 13.2 Å². The number of thiophene rings is 1. The van der Waals surface area contributed by atoms with Gasteiger partial charge in [0.25, 0.3) is 5.56 Å². The van der Waals surface area contributed by atoms with E-state index in [2.05, 4.69) is 62.9 Å². The molecule has 0 atom stereocenters. The second-order valence-corrected chi connectivity index (χ2v) is 10.5. The number of thioether (sulfide) groups is 1. The molecule has 5 rings (SSSR count). The van der Waals surface area contributed by atoms with Crippen molar-refractivity contribution in [2.75, 3.05) is 0 Å². The van der Waals surface area contributed by atoms with E-state index in [9.17, 15) is 4.79 Å². The van der Waals surface area contributed by atoms with E-state index >= 15 is 0 Å². The van der Waals surface area contributed by atoms with Crippen molar-refractivity contribution >= 4 is 44.1 Å². The summed E-state index contributed by atoms with van der Waals surface area (Å²) in [6.45, 7) is 9.00. The lowest BCUT2D eigenvalue weighted by molar-refractivity contribution is -0.0379. The fourth-order valence-electron chi connectivity index (χ4n) is 4.17. The lowest BCUT2D eigenvalue weighted by Gasteiger charge is -2.29. The standard InChI is InChI=1S/C25H24N2O2S2/c1-4-12-27-23(28)21-19-13-25(2,3)29-14-20(19)31-22(21)26-24(27)30-15-17-10-7-9-16-8-5-6-11-18(16)17/h4-11H,1,12-15H2,2-3H3. The number of hydrogen-bond donors (Lipinski definition) is 0. The first-order valence-corrected chi connectivity index (χ1v) is 12.2. The predicted molar refractivity (Wildman–Crippen MR) is 130 cm³/mol. The molecule has 0 radical (unpaired) electrons. The Kier molecular flexibility index (Phi) is 5.24. The first-order chi connectivity index (χ1) is 15.0. The van der Waals surface area contributed by atoms with Crippen LogP contribution in [-0.2, 0) is 30.1 Å². The van der Waals surface area contributed by atoms with E-state index in [-0.39, 0.29) is 11.2 Å². The Bertz CT molecular complexity index is 1360. The molecular formula is C25H24N2O2S2. The lowest BCUT2D eigenvalue weighted by atomic mass is 9.94. The third-order valence-electron chi connectivity index (χ3n) is 5.70. The maximum atomic E-state index is 13.5. The molecule has 6 heteroatoms. The highest BCUT2D eigenvalue weighted by molar-refractivity contribution is 7.98. The summed E-state index contributed by atoms with van der Waals surface area (Å²) in [6.07, 6.45) is 2.50. The Morgan fingerprint density at radius 3 is 2.90 bits per heavy atom. The summed E-state index contributed by atoms with van der Waals surface area (Å²) in [5.74, 6) is 0.748. The molecule has 0 fully saturated rings. The lowest BCUT2D eigenvalue weighted by Crippen LogP contribution is -2.32. The minimum absolute atomic E-state index is 0.0283. The van der Waals surface area contributed by atoms with Crippen molar-refractivity contribution in [2.45, 2.75) is 49.9 Å². The SMILES string of the molecule is C=CCn1c(SCc2cccc3ccccc23)nc2sc3c(c2c1=O)CC(C)(C)OC3. The fraction of sp³-hybridized carbons (Fsp3) is 0.280. The van der Waals surface area contributed by atoms with E-state index in [1.54, 1.807) is 33.7 Å². The molecule has 0 spiro atoms. The molecule has 0 aliphatic carbocycles.